The quantitative estimate of drug-likeness (QED) is 0.514. The van der Waals surface area contributed by atoms with Crippen molar-refractivity contribution < 1.29 is 4.39 Å². The molecule has 0 atom stereocenters. The molecule has 6 heteroatoms. The highest BCUT2D eigenvalue weighted by atomic mass is 19.1. The van der Waals surface area contributed by atoms with Gasteiger partial charge in [0.2, 0.25) is 0 Å². The van der Waals surface area contributed by atoms with E-state index in [2.05, 4.69) is 27.0 Å². The SMILES string of the molecule is C=C(NC1CCCCC1)/C(F)=C\N=C(/C)n1ncc2ncc(C)cc21. The summed E-state index contributed by atoms with van der Waals surface area (Å²) in [5.74, 6) is 0.124. The number of aliphatic imine (C=N–C) groups is 1. The molecule has 1 saturated carbocycles. The number of allylic oxidation sites excluding steroid dienone is 1. The number of nitrogens with zero attached hydrogens (tertiary/aromatic N) is 4. The monoisotopic (exact) mass is 341 g/mol. The summed E-state index contributed by atoms with van der Waals surface area (Å²) in [7, 11) is 0. The lowest BCUT2D eigenvalue weighted by molar-refractivity contribution is 0.393. The van der Waals surface area contributed by atoms with Crippen LogP contribution in [0.25, 0.3) is 11.0 Å². The summed E-state index contributed by atoms with van der Waals surface area (Å²) in [4.78, 5) is 8.53. The highest BCUT2D eigenvalue weighted by molar-refractivity contribution is 5.91. The number of aromatic nitrogens is 3. The Bertz CT molecular complexity index is 827. The fourth-order valence-corrected chi connectivity index (χ4v) is 3.11. The van der Waals surface area contributed by atoms with Gasteiger partial charge in [0.25, 0.3) is 0 Å². The summed E-state index contributed by atoms with van der Waals surface area (Å²) in [5.41, 5.74) is 2.97. The molecule has 0 radical (unpaired) electrons. The number of hydrogen-bond acceptors (Lipinski definition) is 4. The minimum absolute atomic E-state index is 0.297. The molecule has 0 aromatic carbocycles. The van der Waals surface area contributed by atoms with Crippen molar-refractivity contribution in [3.63, 3.8) is 0 Å². The molecule has 2 aromatic rings. The van der Waals surface area contributed by atoms with Gasteiger partial charge >= 0.3 is 0 Å². The molecular weight excluding hydrogens is 317 g/mol. The molecular formula is C19H24FN5. The van der Waals surface area contributed by atoms with Crippen LogP contribution < -0.4 is 5.32 Å². The molecule has 0 spiro atoms. The van der Waals surface area contributed by atoms with E-state index in [1.165, 1.54) is 25.5 Å². The van der Waals surface area contributed by atoms with Crippen molar-refractivity contribution in [3.05, 3.63) is 48.3 Å². The Morgan fingerprint density at radius 1 is 1.36 bits per heavy atom. The molecule has 1 N–H and O–H groups in total. The van der Waals surface area contributed by atoms with Gasteiger partial charge in [-0.1, -0.05) is 25.8 Å². The first-order valence-corrected chi connectivity index (χ1v) is 8.71. The van der Waals surface area contributed by atoms with Gasteiger partial charge in [-0.3, -0.25) is 4.98 Å². The number of nitrogens with one attached hydrogen (secondary N) is 1. The zero-order chi connectivity index (χ0) is 17.8. The van der Waals surface area contributed by atoms with Crippen LogP contribution in [0, 0.1) is 6.92 Å². The first-order valence-electron chi connectivity index (χ1n) is 8.71. The molecule has 3 rings (SSSR count). The molecule has 2 aromatic heterocycles. The zero-order valence-corrected chi connectivity index (χ0v) is 14.8. The third-order valence-electron chi connectivity index (χ3n) is 4.50. The number of hydrogen-bond donors (Lipinski definition) is 1. The van der Waals surface area contributed by atoms with E-state index in [0.717, 1.165) is 29.4 Å². The topological polar surface area (TPSA) is 55.1 Å². The van der Waals surface area contributed by atoms with Crippen LogP contribution in [0.3, 0.4) is 0 Å². The predicted octanol–water partition coefficient (Wildman–Crippen LogP) is 4.25. The summed E-state index contributed by atoms with van der Waals surface area (Å²) in [6.45, 7) is 7.55. The van der Waals surface area contributed by atoms with Gasteiger partial charge in [0.1, 0.15) is 11.4 Å². The Hall–Kier alpha value is -2.50. The number of pyridine rings is 1. The van der Waals surface area contributed by atoms with Crippen LogP contribution in [0.2, 0.25) is 0 Å². The Morgan fingerprint density at radius 3 is 2.88 bits per heavy atom. The summed E-state index contributed by atoms with van der Waals surface area (Å²) in [5, 5.41) is 7.46. The molecule has 0 unspecified atom stereocenters. The number of aryl methyl sites for hydroxylation is 1. The fraction of sp³-hybridized carbons (Fsp3) is 0.421. The van der Waals surface area contributed by atoms with E-state index < -0.39 is 5.83 Å². The molecule has 0 amide bonds. The number of halogens is 1. The largest absolute Gasteiger partial charge is 0.380 e. The molecule has 0 bridgehead atoms. The maximum atomic E-state index is 14.3. The maximum absolute atomic E-state index is 14.3. The van der Waals surface area contributed by atoms with Crippen LogP contribution in [0.5, 0.6) is 0 Å². The second-order valence-electron chi connectivity index (χ2n) is 6.58. The number of fused-ring (bicyclic) bond motifs is 1. The van der Waals surface area contributed by atoms with E-state index >= 15 is 0 Å². The van der Waals surface area contributed by atoms with Gasteiger partial charge in [0, 0.05) is 12.2 Å². The van der Waals surface area contributed by atoms with E-state index in [1.54, 1.807) is 24.0 Å². The first kappa shape index (κ1) is 17.3. The second kappa shape index (κ2) is 7.59. The van der Waals surface area contributed by atoms with Gasteiger partial charge in [-0.05, 0) is 38.3 Å². The van der Waals surface area contributed by atoms with Crippen molar-refractivity contribution in [1.29, 1.82) is 0 Å². The predicted molar refractivity (Wildman–Crippen MR) is 99.1 cm³/mol. The van der Waals surface area contributed by atoms with E-state index in [1.807, 2.05) is 13.0 Å². The van der Waals surface area contributed by atoms with Crippen LogP contribution in [0.1, 0.15) is 44.6 Å². The highest BCUT2D eigenvalue weighted by Gasteiger charge is 2.14. The average molecular weight is 341 g/mol. The molecule has 0 aliphatic heterocycles. The van der Waals surface area contributed by atoms with Gasteiger partial charge in [-0.2, -0.15) is 5.10 Å². The zero-order valence-electron chi connectivity index (χ0n) is 14.8. The van der Waals surface area contributed by atoms with Crippen molar-refractivity contribution in [3.8, 4) is 0 Å². The summed E-state index contributed by atoms with van der Waals surface area (Å²) in [6.07, 6.45) is 10.4. The van der Waals surface area contributed by atoms with E-state index in [-0.39, 0.29) is 0 Å². The van der Waals surface area contributed by atoms with Gasteiger partial charge < -0.3 is 5.32 Å². The molecule has 132 valence electrons. The Kier molecular flexibility index (Phi) is 5.26. The summed E-state index contributed by atoms with van der Waals surface area (Å²) >= 11 is 0. The maximum Gasteiger partial charge on any atom is 0.163 e. The highest BCUT2D eigenvalue weighted by Crippen LogP contribution is 2.20. The lowest BCUT2D eigenvalue weighted by atomic mass is 9.95. The Morgan fingerprint density at radius 2 is 2.12 bits per heavy atom. The summed E-state index contributed by atoms with van der Waals surface area (Å²) in [6, 6.07) is 2.30. The first-order chi connectivity index (χ1) is 12.0. The molecule has 5 nitrogen and oxygen atoms in total. The fourth-order valence-electron chi connectivity index (χ4n) is 3.11. The smallest absolute Gasteiger partial charge is 0.163 e. The van der Waals surface area contributed by atoms with Crippen LogP contribution >= 0.6 is 0 Å². The third kappa shape index (κ3) is 4.13. The number of rotatable bonds is 4. The van der Waals surface area contributed by atoms with Gasteiger partial charge in [0.15, 0.2) is 5.83 Å². The van der Waals surface area contributed by atoms with Crippen molar-refractivity contribution in [1.82, 2.24) is 20.1 Å². The lowest BCUT2D eigenvalue weighted by Gasteiger charge is -2.24. The van der Waals surface area contributed by atoms with Gasteiger partial charge in [0.05, 0.1) is 23.6 Å². The average Bonchev–Trinajstić information content (AvgIpc) is 3.03. The van der Waals surface area contributed by atoms with Crippen LogP contribution in [0.4, 0.5) is 4.39 Å². The Labute approximate surface area is 147 Å². The third-order valence-corrected chi connectivity index (χ3v) is 4.50. The second-order valence-corrected chi connectivity index (χ2v) is 6.58. The van der Waals surface area contributed by atoms with Crippen molar-refractivity contribution in [2.45, 2.75) is 52.0 Å². The van der Waals surface area contributed by atoms with E-state index in [4.69, 9.17) is 0 Å². The van der Waals surface area contributed by atoms with E-state index in [9.17, 15) is 4.39 Å². The Balaban J connectivity index is 1.73. The molecule has 25 heavy (non-hydrogen) atoms. The standard InChI is InChI=1S/C19H24FN5/c1-13-9-19-18(22-10-13)12-23-25(19)15(3)21-11-17(20)14(2)24-16-7-5-4-6-8-16/h9-12,16,24H,2,4-8H2,1,3H3/b17-11+,21-15+. The normalized spacial score (nSPS) is 17.1. The van der Waals surface area contributed by atoms with Crippen molar-refractivity contribution in [2.75, 3.05) is 0 Å². The van der Waals surface area contributed by atoms with E-state index in [0.29, 0.717) is 17.6 Å². The lowest BCUT2D eigenvalue weighted by Crippen LogP contribution is -2.30. The van der Waals surface area contributed by atoms with Crippen LogP contribution in [-0.4, -0.2) is 26.6 Å². The van der Waals surface area contributed by atoms with Crippen LogP contribution in [-0.2, 0) is 0 Å². The van der Waals surface area contributed by atoms with Crippen molar-refractivity contribution >= 4 is 16.9 Å². The molecule has 1 fully saturated rings. The van der Waals surface area contributed by atoms with Gasteiger partial charge in [-0.15, -0.1) is 0 Å². The van der Waals surface area contributed by atoms with Crippen LogP contribution in [0.15, 0.2) is 47.8 Å². The molecule has 1 aliphatic rings. The van der Waals surface area contributed by atoms with Gasteiger partial charge in [-0.25, -0.2) is 14.1 Å². The molecule has 1 aliphatic carbocycles. The summed E-state index contributed by atoms with van der Waals surface area (Å²) < 4.78 is 15.9. The molecule has 0 saturated heterocycles. The minimum Gasteiger partial charge on any atom is -0.380 e. The van der Waals surface area contributed by atoms with Crippen molar-refractivity contribution in [2.24, 2.45) is 4.99 Å². The molecule has 2 heterocycles. The minimum atomic E-state index is -0.448.